The molecule has 3 rings (SSSR count). The lowest BCUT2D eigenvalue weighted by atomic mass is 10.3. The van der Waals surface area contributed by atoms with Crippen LogP contribution in [-0.2, 0) is 21.1 Å². The number of nitrogens with two attached hydrogens (primary N) is 2. The number of nitrogens with zero attached hydrogens (tertiary/aromatic N) is 3. The standard InChI is InChI=1S/C18H21N7O3/c1-23-7-10(19)4-14(23)17(27)22-12-6-15(25(3)9-12)18(28)21-11-5-13(16(20)26)24(2)8-11/h4-9H,19H2,1-3H3,(H2,20,26)(H,21,28)(H,22,27). The molecule has 3 heterocycles. The molecular weight excluding hydrogens is 362 g/mol. The van der Waals surface area contributed by atoms with Crippen LogP contribution >= 0.6 is 0 Å². The molecule has 0 aliphatic heterocycles. The molecule has 0 aliphatic carbocycles. The molecule has 3 amide bonds. The van der Waals surface area contributed by atoms with Crippen molar-refractivity contribution in [1.29, 1.82) is 0 Å². The predicted molar refractivity (Wildman–Crippen MR) is 105 cm³/mol. The molecule has 0 radical (unpaired) electrons. The third-order valence-electron chi connectivity index (χ3n) is 4.27. The van der Waals surface area contributed by atoms with Crippen molar-refractivity contribution in [3.05, 3.63) is 53.9 Å². The number of nitrogen functional groups attached to an aromatic ring is 1. The summed E-state index contributed by atoms with van der Waals surface area (Å²) in [5.41, 5.74) is 13.4. The van der Waals surface area contributed by atoms with Gasteiger partial charge < -0.3 is 35.8 Å². The Bertz CT molecular complexity index is 1090. The van der Waals surface area contributed by atoms with Gasteiger partial charge in [0, 0.05) is 39.7 Å². The molecule has 0 aromatic carbocycles. The Balaban J connectivity index is 1.75. The Hall–Kier alpha value is -3.95. The maximum absolute atomic E-state index is 12.6. The van der Waals surface area contributed by atoms with E-state index in [4.69, 9.17) is 11.5 Å². The van der Waals surface area contributed by atoms with Gasteiger partial charge >= 0.3 is 0 Å². The fourth-order valence-electron chi connectivity index (χ4n) is 2.94. The van der Waals surface area contributed by atoms with Gasteiger partial charge in [0.15, 0.2) is 0 Å². The number of primary amides is 1. The molecule has 0 fully saturated rings. The van der Waals surface area contributed by atoms with Crippen LogP contribution in [0.2, 0.25) is 0 Å². The predicted octanol–water partition coefficient (Wildman–Crippen LogP) is 0.888. The van der Waals surface area contributed by atoms with E-state index in [0.29, 0.717) is 28.5 Å². The van der Waals surface area contributed by atoms with Crippen LogP contribution in [0.1, 0.15) is 31.5 Å². The number of aryl methyl sites for hydroxylation is 3. The molecule has 3 aromatic heterocycles. The zero-order valence-electron chi connectivity index (χ0n) is 15.7. The van der Waals surface area contributed by atoms with Gasteiger partial charge in [-0.05, 0) is 18.2 Å². The highest BCUT2D eigenvalue weighted by molar-refractivity contribution is 6.07. The summed E-state index contributed by atoms with van der Waals surface area (Å²) in [6.07, 6.45) is 4.85. The highest BCUT2D eigenvalue weighted by Crippen LogP contribution is 2.18. The van der Waals surface area contributed by atoms with Gasteiger partial charge in [-0.1, -0.05) is 0 Å². The molecule has 0 bridgehead atoms. The number of anilines is 3. The smallest absolute Gasteiger partial charge is 0.272 e. The summed E-state index contributed by atoms with van der Waals surface area (Å²) in [6.45, 7) is 0. The van der Waals surface area contributed by atoms with Crippen LogP contribution in [0.15, 0.2) is 36.8 Å². The van der Waals surface area contributed by atoms with Crippen LogP contribution in [0.25, 0.3) is 0 Å². The van der Waals surface area contributed by atoms with Crippen molar-refractivity contribution in [3.8, 4) is 0 Å². The van der Waals surface area contributed by atoms with Crippen molar-refractivity contribution in [3.63, 3.8) is 0 Å². The second kappa shape index (κ2) is 6.99. The molecule has 0 spiro atoms. The molecule has 10 heteroatoms. The van der Waals surface area contributed by atoms with E-state index >= 15 is 0 Å². The van der Waals surface area contributed by atoms with E-state index in [2.05, 4.69) is 10.6 Å². The van der Waals surface area contributed by atoms with E-state index in [1.807, 2.05) is 0 Å². The maximum atomic E-state index is 12.6. The molecule has 0 aliphatic rings. The largest absolute Gasteiger partial charge is 0.397 e. The molecule has 0 saturated heterocycles. The van der Waals surface area contributed by atoms with Gasteiger partial charge in [0.1, 0.15) is 17.1 Å². The third-order valence-corrected chi connectivity index (χ3v) is 4.27. The number of hydrogen-bond acceptors (Lipinski definition) is 4. The highest BCUT2D eigenvalue weighted by Gasteiger charge is 2.17. The van der Waals surface area contributed by atoms with Crippen LogP contribution in [0, 0.1) is 0 Å². The lowest BCUT2D eigenvalue weighted by Gasteiger charge is -2.03. The summed E-state index contributed by atoms with van der Waals surface area (Å²) < 4.78 is 4.73. The summed E-state index contributed by atoms with van der Waals surface area (Å²) >= 11 is 0. The quantitative estimate of drug-likeness (QED) is 0.519. The zero-order valence-corrected chi connectivity index (χ0v) is 15.7. The molecule has 6 N–H and O–H groups in total. The minimum atomic E-state index is -0.590. The average Bonchev–Trinajstić information content (AvgIpc) is 3.24. The van der Waals surface area contributed by atoms with Crippen LogP contribution in [-0.4, -0.2) is 31.4 Å². The topological polar surface area (TPSA) is 142 Å². The van der Waals surface area contributed by atoms with Gasteiger partial charge in [-0.15, -0.1) is 0 Å². The Kier molecular flexibility index (Phi) is 4.70. The number of amides is 3. The number of aromatic nitrogens is 3. The van der Waals surface area contributed by atoms with Crippen LogP contribution in [0.4, 0.5) is 17.1 Å². The van der Waals surface area contributed by atoms with E-state index in [9.17, 15) is 14.4 Å². The Labute approximate surface area is 160 Å². The third kappa shape index (κ3) is 3.61. The summed E-state index contributed by atoms with van der Waals surface area (Å²) in [7, 11) is 5.06. The van der Waals surface area contributed by atoms with Crippen molar-refractivity contribution in [2.75, 3.05) is 16.4 Å². The Morgan fingerprint density at radius 3 is 1.61 bits per heavy atom. The zero-order chi connectivity index (χ0) is 20.6. The molecule has 0 atom stereocenters. The van der Waals surface area contributed by atoms with Crippen molar-refractivity contribution < 1.29 is 14.4 Å². The fraction of sp³-hybridized carbons (Fsp3) is 0.167. The number of nitrogens with one attached hydrogen (secondary N) is 2. The molecule has 146 valence electrons. The normalized spacial score (nSPS) is 10.7. The van der Waals surface area contributed by atoms with Gasteiger partial charge in [0.2, 0.25) is 0 Å². The van der Waals surface area contributed by atoms with Crippen LogP contribution in [0.3, 0.4) is 0 Å². The van der Waals surface area contributed by atoms with Crippen molar-refractivity contribution in [2.45, 2.75) is 0 Å². The molecule has 0 saturated carbocycles. The SMILES string of the molecule is Cn1cc(NC(=O)c2cc(NC(=O)c3cc(N)cn3C)cn2C)cc1C(N)=O. The van der Waals surface area contributed by atoms with E-state index in [1.165, 1.54) is 10.6 Å². The minimum Gasteiger partial charge on any atom is -0.397 e. The first-order valence-corrected chi connectivity index (χ1v) is 8.32. The Morgan fingerprint density at radius 2 is 1.18 bits per heavy atom. The summed E-state index contributed by atoms with van der Waals surface area (Å²) in [6, 6.07) is 4.61. The summed E-state index contributed by atoms with van der Waals surface area (Å²) in [5.74, 6) is -1.33. The van der Waals surface area contributed by atoms with Crippen molar-refractivity contribution >= 4 is 34.8 Å². The monoisotopic (exact) mass is 383 g/mol. The summed E-state index contributed by atoms with van der Waals surface area (Å²) in [5, 5.41) is 5.44. The second-order valence-corrected chi connectivity index (χ2v) is 6.49. The molecular formula is C18H21N7O3. The van der Waals surface area contributed by atoms with Gasteiger partial charge in [-0.25, -0.2) is 0 Å². The molecule has 28 heavy (non-hydrogen) atoms. The second-order valence-electron chi connectivity index (χ2n) is 6.49. The summed E-state index contributed by atoms with van der Waals surface area (Å²) in [4.78, 5) is 36.3. The van der Waals surface area contributed by atoms with Gasteiger partial charge in [-0.3, -0.25) is 14.4 Å². The van der Waals surface area contributed by atoms with E-state index in [0.717, 1.165) is 0 Å². The number of carbonyl (C=O) groups excluding carboxylic acids is 3. The highest BCUT2D eigenvalue weighted by atomic mass is 16.2. The molecule has 0 unspecified atom stereocenters. The molecule has 10 nitrogen and oxygen atoms in total. The lowest BCUT2D eigenvalue weighted by Crippen LogP contribution is -2.15. The number of rotatable bonds is 5. The fourth-order valence-corrected chi connectivity index (χ4v) is 2.94. The van der Waals surface area contributed by atoms with E-state index < -0.39 is 11.8 Å². The van der Waals surface area contributed by atoms with Gasteiger partial charge in [-0.2, -0.15) is 0 Å². The minimum absolute atomic E-state index is 0.275. The van der Waals surface area contributed by atoms with Gasteiger partial charge in [0.25, 0.3) is 17.7 Å². The van der Waals surface area contributed by atoms with Crippen LogP contribution < -0.4 is 22.1 Å². The van der Waals surface area contributed by atoms with E-state index in [-0.39, 0.29) is 11.6 Å². The maximum Gasteiger partial charge on any atom is 0.272 e. The first kappa shape index (κ1) is 18.8. The number of hydrogen-bond donors (Lipinski definition) is 4. The average molecular weight is 383 g/mol. The first-order chi connectivity index (χ1) is 13.2. The van der Waals surface area contributed by atoms with E-state index in [1.54, 1.807) is 61.0 Å². The Morgan fingerprint density at radius 1 is 0.750 bits per heavy atom. The van der Waals surface area contributed by atoms with Gasteiger partial charge in [0.05, 0.1) is 17.1 Å². The molecule has 3 aromatic rings. The van der Waals surface area contributed by atoms with Crippen molar-refractivity contribution in [1.82, 2.24) is 13.7 Å². The van der Waals surface area contributed by atoms with Crippen molar-refractivity contribution in [2.24, 2.45) is 26.9 Å². The number of carbonyl (C=O) groups is 3. The van der Waals surface area contributed by atoms with Crippen LogP contribution in [0.5, 0.6) is 0 Å². The first-order valence-electron chi connectivity index (χ1n) is 8.32. The lowest BCUT2D eigenvalue weighted by molar-refractivity contribution is 0.0988.